The Morgan fingerprint density at radius 1 is 1.33 bits per heavy atom. The second-order valence-electron chi connectivity index (χ2n) is 5.29. The molecule has 0 aromatic carbocycles. The molecule has 1 nitrogen and oxygen atoms in total. The van der Waals surface area contributed by atoms with Crippen LogP contribution in [0.4, 0.5) is 0 Å². The van der Waals surface area contributed by atoms with Gasteiger partial charge in [-0.1, -0.05) is 26.7 Å². The quantitative estimate of drug-likeness (QED) is 0.624. The van der Waals surface area contributed by atoms with Gasteiger partial charge in [0.2, 0.25) is 0 Å². The Morgan fingerprint density at radius 3 is 2.58 bits per heavy atom. The monoisotopic (exact) mass is 167 g/mol. The highest BCUT2D eigenvalue weighted by atomic mass is 15.2. The smallest absolute Gasteiger partial charge is 0.00411 e. The molecule has 0 aromatic rings. The number of likely N-dealkylation sites (tertiary alicyclic amines) is 1. The van der Waals surface area contributed by atoms with E-state index in [4.69, 9.17) is 0 Å². The van der Waals surface area contributed by atoms with Crippen molar-refractivity contribution in [1.29, 1.82) is 0 Å². The van der Waals surface area contributed by atoms with Gasteiger partial charge in [0.05, 0.1) is 0 Å². The predicted octanol–water partition coefficient (Wildman–Crippen LogP) is 2.52. The summed E-state index contributed by atoms with van der Waals surface area (Å²) in [4.78, 5) is 2.51. The van der Waals surface area contributed by atoms with Crippen molar-refractivity contribution in [2.75, 3.05) is 20.1 Å². The minimum Gasteiger partial charge on any atom is -0.305 e. The van der Waals surface area contributed by atoms with Crippen LogP contribution in [0.1, 0.15) is 39.5 Å². The van der Waals surface area contributed by atoms with Crippen LogP contribution in [0.15, 0.2) is 0 Å². The lowest BCUT2D eigenvalue weighted by Crippen LogP contribution is -2.20. The lowest BCUT2D eigenvalue weighted by atomic mass is 9.92. The Bertz CT molecular complexity index is 189. The fraction of sp³-hybridized carbons (Fsp3) is 1.00. The maximum atomic E-state index is 2.51. The first-order valence-electron chi connectivity index (χ1n) is 5.30. The van der Waals surface area contributed by atoms with Gasteiger partial charge >= 0.3 is 0 Å². The third-order valence-electron chi connectivity index (χ3n) is 4.08. The average Bonchev–Trinajstić information content (AvgIpc) is 2.43. The lowest BCUT2D eigenvalue weighted by Gasteiger charge is -2.15. The van der Waals surface area contributed by atoms with Crippen molar-refractivity contribution in [1.82, 2.24) is 4.90 Å². The Balaban J connectivity index is 1.96. The first kappa shape index (κ1) is 8.55. The van der Waals surface area contributed by atoms with E-state index < -0.39 is 0 Å². The van der Waals surface area contributed by atoms with Gasteiger partial charge in [-0.2, -0.15) is 0 Å². The van der Waals surface area contributed by atoms with Crippen molar-refractivity contribution >= 4 is 0 Å². The Labute approximate surface area is 76.1 Å². The van der Waals surface area contributed by atoms with E-state index in [2.05, 4.69) is 25.8 Å². The number of unbranched alkanes of at least 4 members (excludes halogenated alkanes) is 1. The largest absolute Gasteiger partial charge is 0.305 e. The summed E-state index contributed by atoms with van der Waals surface area (Å²) in [5, 5.41) is 0. The molecule has 1 saturated heterocycles. The summed E-state index contributed by atoms with van der Waals surface area (Å²) in [6.45, 7) is 7.49. The molecule has 70 valence electrons. The van der Waals surface area contributed by atoms with Crippen LogP contribution in [0, 0.1) is 10.8 Å². The van der Waals surface area contributed by atoms with Crippen molar-refractivity contribution in [3.63, 3.8) is 0 Å². The van der Waals surface area contributed by atoms with Gasteiger partial charge in [0.15, 0.2) is 0 Å². The summed E-state index contributed by atoms with van der Waals surface area (Å²) in [7, 11) is 2.27. The number of hydrogen-bond donors (Lipinski definition) is 0. The predicted molar refractivity (Wildman–Crippen MR) is 52.2 cm³/mol. The van der Waals surface area contributed by atoms with Crippen LogP contribution in [-0.2, 0) is 0 Å². The molecule has 1 aliphatic heterocycles. The van der Waals surface area contributed by atoms with E-state index in [9.17, 15) is 0 Å². The summed E-state index contributed by atoms with van der Waals surface area (Å²) >= 11 is 0. The average molecular weight is 167 g/mol. The zero-order valence-corrected chi connectivity index (χ0v) is 8.69. The van der Waals surface area contributed by atoms with Crippen LogP contribution < -0.4 is 0 Å². The fourth-order valence-corrected chi connectivity index (χ4v) is 3.33. The summed E-state index contributed by atoms with van der Waals surface area (Å²) < 4.78 is 0. The Kier molecular flexibility index (Phi) is 1.76. The Hall–Kier alpha value is -0.0400. The van der Waals surface area contributed by atoms with Gasteiger partial charge in [0, 0.05) is 13.1 Å². The third kappa shape index (κ3) is 1.02. The molecule has 2 aliphatic rings. The fourth-order valence-electron chi connectivity index (χ4n) is 3.33. The number of fused-ring (bicyclic) bond motifs is 1. The van der Waals surface area contributed by atoms with Gasteiger partial charge in [0.25, 0.3) is 0 Å². The number of nitrogens with zero attached hydrogens (tertiary/aromatic N) is 1. The highest BCUT2D eigenvalue weighted by molar-refractivity contribution is 5.18. The molecule has 1 heterocycles. The molecule has 0 radical (unpaired) electrons. The van der Waals surface area contributed by atoms with Gasteiger partial charge in [0.1, 0.15) is 0 Å². The molecule has 1 aliphatic carbocycles. The number of piperidine rings is 1. The maximum Gasteiger partial charge on any atom is 0.00411 e. The van der Waals surface area contributed by atoms with Crippen molar-refractivity contribution in [3.05, 3.63) is 0 Å². The molecule has 2 fully saturated rings. The van der Waals surface area contributed by atoms with Crippen LogP contribution in [0.25, 0.3) is 0 Å². The highest BCUT2D eigenvalue weighted by Gasteiger charge is 2.67. The summed E-state index contributed by atoms with van der Waals surface area (Å²) in [6.07, 6.45) is 5.78. The van der Waals surface area contributed by atoms with Crippen LogP contribution in [0.3, 0.4) is 0 Å². The molecule has 2 rings (SSSR count). The molecule has 2 atom stereocenters. The first-order chi connectivity index (χ1) is 5.62. The molecule has 1 saturated carbocycles. The molecular weight excluding hydrogens is 146 g/mol. The zero-order chi connectivity index (χ0) is 8.82. The van der Waals surface area contributed by atoms with Gasteiger partial charge in [-0.05, 0) is 30.7 Å². The van der Waals surface area contributed by atoms with Crippen LogP contribution in [0.2, 0.25) is 0 Å². The summed E-state index contributed by atoms with van der Waals surface area (Å²) in [5.41, 5.74) is 1.45. The van der Waals surface area contributed by atoms with Gasteiger partial charge in [-0.25, -0.2) is 0 Å². The van der Waals surface area contributed by atoms with Gasteiger partial charge in [-0.15, -0.1) is 0 Å². The number of rotatable bonds is 3. The topological polar surface area (TPSA) is 3.24 Å². The SMILES string of the molecule is CCCCC12CN(C)CC1(C)C2. The molecule has 0 N–H and O–H groups in total. The molecule has 0 amide bonds. The standard InChI is InChI=1S/C11H21N/c1-4-5-6-11-7-10(11,2)8-12(3)9-11/h4-9H2,1-3H3. The first-order valence-corrected chi connectivity index (χ1v) is 5.30. The molecule has 12 heavy (non-hydrogen) atoms. The van der Waals surface area contributed by atoms with Gasteiger partial charge < -0.3 is 4.90 Å². The van der Waals surface area contributed by atoms with Crippen LogP contribution in [-0.4, -0.2) is 25.0 Å². The molecule has 1 heteroatoms. The lowest BCUT2D eigenvalue weighted by molar-refractivity contribution is 0.321. The van der Waals surface area contributed by atoms with Crippen molar-refractivity contribution in [3.8, 4) is 0 Å². The minimum atomic E-state index is 0.705. The van der Waals surface area contributed by atoms with E-state index in [-0.39, 0.29) is 0 Å². The molecule has 0 bridgehead atoms. The van der Waals surface area contributed by atoms with Crippen LogP contribution >= 0.6 is 0 Å². The second-order valence-corrected chi connectivity index (χ2v) is 5.29. The van der Waals surface area contributed by atoms with Crippen molar-refractivity contribution in [2.24, 2.45) is 10.8 Å². The molecule has 0 aromatic heterocycles. The molecular formula is C11H21N. The Morgan fingerprint density at radius 2 is 2.08 bits per heavy atom. The summed E-state index contributed by atoms with van der Waals surface area (Å²) in [5.74, 6) is 0. The van der Waals surface area contributed by atoms with E-state index in [0.717, 1.165) is 5.41 Å². The van der Waals surface area contributed by atoms with Gasteiger partial charge in [-0.3, -0.25) is 0 Å². The van der Waals surface area contributed by atoms with E-state index in [1.807, 2.05) is 0 Å². The molecule has 0 spiro atoms. The van der Waals surface area contributed by atoms with E-state index in [1.165, 1.54) is 38.8 Å². The van der Waals surface area contributed by atoms with E-state index in [0.29, 0.717) is 5.41 Å². The normalized spacial score (nSPS) is 46.2. The minimum absolute atomic E-state index is 0.705. The number of hydrogen-bond acceptors (Lipinski definition) is 1. The zero-order valence-electron chi connectivity index (χ0n) is 8.69. The molecule has 2 unspecified atom stereocenters. The van der Waals surface area contributed by atoms with Crippen molar-refractivity contribution < 1.29 is 0 Å². The van der Waals surface area contributed by atoms with E-state index in [1.54, 1.807) is 0 Å². The maximum absolute atomic E-state index is 2.51. The second kappa shape index (κ2) is 2.47. The van der Waals surface area contributed by atoms with Crippen LogP contribution in [0.5, 0.6) is 0 Å². The van der Waals surface area contributed by atoms with E-state index >= 15 is 0 Å². The summed E-state index contributed by atoms with van der Waals surface area (Å²) in [6, 6.07) is 0. The van der Waals surface area contributed by atoms with Crippen molar-refractivity contribution in [2.45, 2.75) is 39.5 Å². The third-order valence-corrected chi connectivity index (χ3v) is 4.08. The highest BCUT2D eigenvalue weighted by Crippen LogP contribution is 2.70.